The predicted molar refractivity (Wildman–Crippen MR) is 93.1 cm³/mol. The quantitative estimate of drug-likeness (QED) is 0.351. The molecule has 1 saturated carbocycles. The van der Waals surface area contributed by atoms with Gasteiger partial charge < -0.3 is 9.47 Å². The van der Waals surface area contributed by atoms with Gasteiger partial charge in [0.1, 0.15) is 0 Å². The third-order valence-electron chi connectivity index (χ3n) is 4.24. The molecule has 0 aromatic rings. The van der Waals surface area contributed by atoms with Gasteiger partial charge in [-0.15, -0.1) is 0 Å². The average Bonchev–Trinajstić information content (AvgIpc) is 2.51. The van der Waals surface area contributed by atoms with E-state index in [1.807, 2.05) is 0 Å². The molecule has 1 rings (SSSR count). The van der Waals surface area contributed by atoms with Gasteiger partial charge in [0.2, 0.25) is 0 Å². The molecule has 23 heavy (non-hydrogen) atoms. The maximum atomic E-state index is 12.0. The molecule has 0 aromatic carbocycles. The Balaban J connectivity index is 0.00000484. The van der Waals surface area contributed by atoms with E-state index in [9.17, 15) is 9.59 Å². The van der Waals surface area contributed by atoms with E-state index in [0.717, 1.165) is 38.0 Å². The summed E-state index contributed by atoms with van der Waals surface area (Å²) in [4.78, 5) is 23.1. The number of hydrogen-bond donors (Lipinski definition) is 0. The zero-order valence-corrected chi connectivity index (χ0v) is 14.1. The highest BCUT2D eigenvalue weighted by Crippen LogP contribution is 2.32. The summed E-state index contributed by atoms with van der Waals surface area (Å²) < 4.78 is 10.3. The molecule has 0 aliphatic heterocycles. The van der Waals surface area contributed by atoms with Crippen molar-refractivity contribution in [1.82, 2.24) is 0 Å². The molecule has 0 radical (unpaired) electrons. The third-order valence-corrected chi connectivity index (χ3v) is 4.24. The fourth-order valence-corrected chi connectivity index (χ4v) is 2.88. The zero-order valence-electron chi connectivity index (χ0n) is 14.1. The van der Waals surface area contributed by atoms with Gasteiger partial charge in [-0.2, -0.15) is 0 Å². The molecule has 134 valence electrons. The van der Waals surface area contributed by atoms with Gasteiger partial charge in [0.15, 0.2) is 0 Å². The standard InChI is InChI=1S/C18H30O4.CH4/c1-4-7-15-8-10-16(11-9-15)18(20)22-13-6-5-12-21-17(19)14(2)3;/h15-16H,2,4-13H2,1,3H3;1H4. The Hall–Kier alpha value is -1.32. The number of carbonyl (C=O) groups is 2. The van der Waals surface area contributed by atoms with Crippen LogP contribution in [-0.4, -0.2) is 25.2 Å². The van der Waals surface area contributed by atoms with Gasteiger partial charge in [-0.1, -0.05) is 33.8 Å². The molecule has 1 aliphatic carbocycles. The first-order chi connectivity index (χ1) is 10.5. The highest BCUT2D eigenvalue weighted by molar-refractivity contribution is 5.86. The second kappa shape index (κ2) is 12.1. The van der Waals surface area contributed by atoms with E-state index < -0.39 is 0 Å². The van der Waals surface area contributed by atoms with Gasteiger partial charge in [0.25, 0.3) is 0 Å². The predicted octanol–water partition coefficient (Wildman–Crippen LogP) is 4.67. The first-order valence-corrected chi connectivity index (χ1v) is 8.53. The molecular formula is C19H34O4. The van der Waals surface area contributed by atoms with Gasteiger partial charge >= 0.3 is 11.9 Å². The number of esters is 2. The second-order valence-corrected chi connectivity index (χ2v) is 6.30. The first-order valence-electron chi connectivity index (χ1n) is 8.53. The fourth-order valence-electron chi connectivity index (χ4n) is 2.88. The van der Waals surface area contributed by atoms with Crippen molar-refractivity contribution in [2.24, 2.45) is 11.8 Å². The Morgan fingerprint density at radius 3 is 2.13 bits per heavy atom. The number of hydrogen-bond acceptors (Lipinski definition) is 4. The summed E-state index contributed by atoms with van der Waals surface area (Å²) in [6.07, 6.45) is 8.20. The summed E-state index contributed by atoms with van der Waals surface area (Å²) in [5.74, 6) is 0.487. The van der Waals surface area contributed by atoms with Gasteiger partial charge in [0, 0.05) is 5.57 Å². The number of carbonyl (C=O) groups excluding carboxylic acids is 2. The molecule has 0 unspecified atom stereocenters. The van der Waals surface area contributed by atoms with Gasteiger partial charge in [-0.05, 0) is 51.4 Å². The van der Waals surface area contributed by atoms with E-state index in [4.69, 9.17) is 9.47 Å². The summed E-state index contributed by atoms with van der Waals surface area (Å²) in [5, 5.41) is 0. The Morgan fingerprint density at radius 1 is 1.04 bits per heavy atom. The Bertz CT molecular complexity index is 368. The molecule has 0 spiro atoms. The molecule has 0 amide bonds. The topological polar surface area (TPSA) is 52.6 Å². The van der Waals surface area contributed by atoms with E-state index >= 15 is 0 Å². The minimum atomic E-state index is -0.360. The third kappa shape index (κ3) is 8.77. The van der Waals surface area contributed by atoms with Crippen molar-refractivity contribution < 1.29 is 19.1 Å². The van der Waals surface area contributed by atoms with E-state index in [2.05, 4.69) is 13.5 Å². The number of rotatable bonds is 9. The summed E-state index contributed by atoms with van der Waals surface area (Å²) in [7, 11) is 0. The van der Waals surface area contributed by atoms with Gasteiger partial charge in [-0.3, -0.25) is 4.79 Å². The zero-order chi connectivity index (χ0) is 16.4. The summed E-state index contributed by atoms with van der Waals surface area (Å²) >= 11 is 0. The van der Waals surface area contributed by atoms with Crippen LogP contribution in [0, 0.1) is 11.8 Å². The van der Waals surface area contributed by atoms with Crippen molar-refractivity contribution in [1.29, 1.82) is 0 Å². The summed E-state index contributed by atoms with van der Waals surface area (Å²) in [6.45, 7) is 8.13. The van der Waals surface area contributed by atoms with Crippen molar-refractivity contribution in [3.63, 3.8) is 0 Å². The first kappa shape index (κ1) is 21.7. The monoisotopic (exact) mass is 326 g/mol. The lowest BCUT2D eigenvalue weighted by Crippen LogP contribution is -2.24. The molecule has 4 heteroatoms. The van der Waals surface area contributed by atoms with Crippen LogP contribution in [0.15, 0.2) is 12.2 Å². The Kier molecular flexibility index (Phi) is 11.4. The minimum absolute atomic E-state index is 0. The molecule has 0 aromatic heterocycles. The Labute approximate surface area is 141 Å². The van der Waals surface area contributed by atoms with E-state index in [0.29, 0.717) is 25.2 Å². The smallest absolute Gasteiger partial charge is 0.333 e. The highest BCUT2D eigenvalue weighted by atomic mass is 16.5. The Morgan fingerprint density at radius 2 is 1.61 bits per heavy atom. The molecular weight excluding hydrogens is 292 g/mol. The van der Waals surface area contributed by atoms with Crippen molar-refractivity contribution in [2.45, 2.75) is 72.6 Å². The van der Waals surface area contributed by atoms with E-state index in [-0.39, 0.29) is 25.3 Å². The lowest BCUT2D eigenvalue weighted by molar-refractivity contribution is -0.150. The lowest BCUT2D eigenvalue weighted by Gasteiger charge is -2.26. The van der Waals surface area contributed by atoms with Crippen LogP contribution in [-0.2, 0) is 19.1 Å². The maximum absolute atomic E-state index is 12.0. The number of ether oxygens (including phenoxy) is 2. The molecule has 1 fully saturated rings. The van der Waals surface area contributed by atoms with Crippen LogP contribution in [0.2, 0.25) is 0 Å². The minimum Gasteiger partial charge on any atom is -0.465 e. The molecule has 0 N–H and O–H groups in total. The molecule has 0 bridgehead atoms. The second-order valence-electron chi connectivity index (χ2n) is 6.30. The lowest BCUT2D eigenvalue weighted by atomic mass is 9.80. The van der Waals surface area contributed by atoms with Crippen LogP contribution >= 0.6 is 0 Å². The molecule has 4 nitrogen and oxygen atoms in total. The normalized spacial score (nSPS) is 20.3. The maximum Gasteiger partial charge on any atom is 0.333 e. The summed E-state index contributed by atoms with van der Waals surface area (Å²) in [5.41, 5.74) is 0.408. The van der Waals surface area contributed by atoms with E-state index in [1.165, 1.54) is 12.8 Å². The van der Waals surface area contributed by atoms with Crippen molar-refractivity contribution in [3.05, 3.63) is 12.2 Å². The van der Waals surface area contributed by atoms with Crippen LogP contribution < -0.4 is 0 Å². The molecule has 1 aliphatic rings. The van der Waals surface area contributed by atoms with E-state index in [1.54, 1.807) is 6.92 Å². The van der Waals surface area contributed by atoms with Crippen LogP contribution in [0.25, 0.3) is 0 Å². The SMILES string of the molecule is C.C=C(C)C(=O)OCCCCOC(=O)C1CCC(CCC)CC1. The van der Waals surface area contributed by atoms with Gasteiger partial charge in [0.05, 0.1) is 19.1 Å². The summed E-state index contributed by atoms with van der Waals surface area (Å²) in [6, 6.07) is 0. The van der Waals surface area contributed by atoms with Crippen LogP contribution in [0.4, 0.5) is 0 Å². The van der Waals surface area contributed by atoms with Crippen molar-refractivity contribution >= 4 is 11.9 Å². The molecule has 0 atom stereocenters. The van der Waals surface area contributed by atoms with Gasteiger partial charge in [-0.25, -0.2) is 4.79 Å². The van der Waals surface area contributed by atoms with Crippen LogP contribution in [0.1, 0.15) is 72.6 Å². The van der Waals surface area contributed by atoms with Crippen molar-refractivity contribution in [2.75, 3.05) is 13.2 Å². The van der Waals surface area contributed by atoms with Crippen LogP contribution in [0.5, 0.6) is 0 Å². The van der Waals surface area contributed by atoms with Crippen LogP contribution in [0.3, 0.4) is 0 Å². The molecule has 0 saturated heterocycles. The largest absolute Gasteiger partial charge is 0.465 e. The number of unbranched alkanes of at least 4 members (excludes halogenated alkanes) is 1. The van der Waals surface area contributed by atoms with Crippen molar-refractivity contribution in [3.8, 4) is 0 Å². The highest BCUT2D eigenvalue weighted by Gasteiger charge is 2.26. The molecule has 0 heterocycles. The fraction of sp³-hybridized carbons (Fsp3) is 0.789. The average molecular weight is 326 g/mol.